The van der Waals surface area contributed by atoms with E-state index in [0.717, 1.165) is 32.2 Å². The molecule has 4 nitrogen and oxygen atoms in total. The van der Waals surface area contributed by atoms with Crippen LogP contribution in [0.5, 0.6) is 0 Å². The zero-order valence-electron chi connectivity index (χ0n) is 15.7. The highest BCUT2D eigenvalue weighted by Crippen LogP contribution is 2.44. The van der Waals surface area contributed by atoms with Crippen molar-refractivity contribution in [2.45, 2.75) is 70.4 Å². The van der Waals surface area contributed by atoms with Crippen molar-refractivity contribution in [3.63, 3.8) is 0 Å². The second-order valence-corrected chi connectivity index (χ2v) is 8.97. The second kappa shape index (κ2) is 6.99. The molecular formula is C21H32N2O2. The van der Waals surface area contributed by atoms with Crippen molar-refractivity contribution in [3.8, 4) is 0 Å². The largest absolute Gasteiger partial charge is 0.465 e. The molecule has 4 heteroatoms. The molecule has 25 heavy (non-hydrogen) atoms. The Hall–Kier alpha value is -1.55. The number of amides is 1. The van der Waals surface area contributed by atoms with Crippen LogP contribution in [0, 0.1) is 11.3 Å². The normalized spacial score (nSPS) is 32.2. The molecule has 138 valence electrons. The number of benzene rings is 1. The van der Waals surface area contributed by atoms with Crippen LogP contribution in [0.4, 0.5) is 4.79 Å². The predicted molar refractivity (Wildman–Crippen MR) is 101 cm³/mol. The summed E-state index contributed by atoms with van der Waals surface area (Å²) >= 11 is 0. The van der Waals surface area contributed by atoms with E-state index in [9.17, 15) is 9.90 Å². The Morgan fingerprint density at radius 1 is 1.20 bits per heavy atom. The highest BCUT2D eigenvalue weighted by atomic mass is 16.4. The third-order valence-electron chi connectivity index (χ3n) is 6.43. The molecule has 0 radical (unpaired) electrons. The standard InChI is InChI=1S/C21H32N2O2/c1-20(2,3)21(23-19(24)25)11-9-15(10-12-21)14-22-18-13-17(18)16-7-5-4-6-8-16/h4-8,15,17-18,22-23H,9-14H2,1-3H3,(H,24,25)/t15?,17-,18+,21?/m0/s1. The average molecular weight is 344 g/mol. The maximum atomic E-state index is 11.3. The highest BCUT2D eigenvalue weighted by molar-refractivity contribution is 5.65. The highest BCUT2D eigenvalue weighted by Gasteiger charge is 2.46. The topological polar surface area (TPSA) is 61.4 Å². The molecule has 2 aliphatic carbocycles. The summed E-state index contributed by atoms with van der Waals surface area (Å²) in [5.41, 5.74) is 1.10. The molecule has 3 rings (SSSR count). The van der Waals surface area contributed by atoms with Gasteiger partial charge in [0.15, 0.2) is 0 Å². The number of carbonyl (C=O) groups is 1. The van der Waals surface area contributed by atoms with Gasteiger partial charge in [-0.3, -0.25) is 0 Å². The van der Waals surface area contributed by atoms with Crippen LogP contribution in [-0.2, 0) is 0 Å². The van der Waals surface area contributed by atoms with Crippen molar-refractivity contribution in [2.75, 3.05) is 6.54 Å². The van der Waals surface area contributed by atoms with Crippen LogP contribution in [0.25, 0.3) is 0 Å². The number of nitrogens with one attached hydrogen (secondary N) is 2. The summed E-state index contributed by atoms with van der Waals surface area (Å²) in [7, 11) is 0. The van der Waals surface area contributed by atoms with Crippen LogP contribution in [0.3, 0.4) is 0 Å². The van der Waals surface area contributed by atoms with Crippen LogP contribution >= 0.6 is 0 Å². The van der Waals surface area contributed by atoms with Crippen molar-refractivity contribution >= 4 is 6.09 Å². The van der Waals surface area contributed by atoms with Gasteiger partial charge in [0.25, 0.3) is 0 Å². The minimum Gasteiger partial charge on any atom is -0.465 e. The number of hydrogen-bond donors (Lipinski definition) is 3. The summed E-state index contributed by atoms with van der Waals surface area (Å²) < 4.78 is 0. The van der Waals surface area contributed by atoms with Gasteiger partial charge in [-0.1, -0.05) is 51.1 Å². The molecule has 1 aromatic rings. The summed E-state index contributed by atoms with van der Waals surface area (Å²) in [5, 5.41) is 15.9. The predicted octanol–water partition coefficient (Wildman–Crippen LogP) is 4.37. The zero-order chi connectivity index (χ0) is 18.1. The first-order valence-corrected chi connectivity index (χ1v) is 9.60. The van der Waals surface area contributed by atoms with E-state index in [1.165, 1.54) is 12.0 Å². The maximum absolute atomic E-state index is 11.3. The molecule has 0 aromatic heterocycles. The Bertz CT molecular complexity index is 586. The number of rotatable bonds is 5. The molecule has 0 bridgehead atoms. The third-order valence-corrected chi connectivity index (χ3v) is 6.43. The molecule has 0 spiro atoms. The van der Waals surface area contributed by atoms with Gasteiger partial charge < -0.3 is 15.7 Å². The van der Waals surface area contributed by atoms with Gasteiger partial charge in [-0.25, -0.2) is 4.79 Å². The van der Waals surface area contributed by atoms with Gasteiger partial charge in [0, 0.05) is 17.5 Å². The fraction of sp³-hybridized carbons (Fsp3) is 0.667. The quantitative estimate of drug-likeness (QED) is 0.743. The summed E-state index contributed by atoms with van der Waals surface area (Å²) in [6.07, 6.45) is 4.39. The summed E-state index contributed by atoms with van der Waals surface area (Å²) in [4.78, 5) is 11.3. The van der Waals surface area contributed by atoms with Gasteiger partial charge in [0.1, 0.15) is 0 Å². The average Bonchev–Trinajstić information content (AvgIpc) is 3.33. The van der Waals surface area contributed by atoms with Gasteiger partial charge in [-0.15, -0.1) is 0 Å². The van der Waals surface area contributed by atoms with E-state index in [0.29, 0.717) is 17.9 Å². The third kappa shape index (κ3) is 4.17. The van der Waals surface area contributed by atoms with Crippen LogP contribution in [0.15, 0.2) is 30.3 Å². The van der Waals surface area contributed by atoms with Crippen molar-refractivity contribution in [1.29, 1.82) is 0 Å². The molecule has 1 amide bonds. The number of hydrogen-bond acceptors (Lipinski definition) is 2. The van der Waals surface area contributed by atoms with Crippen molar-refractivity contribution in [2.24, 2.45) is 11.3 Å². The van der Waals surface area contributed by atoms with E-state index < -0.39 is 6.09 Å². The lowest BCUT2D eigenvalue weighted by atomic mass is 9.63. The molecule has 0 unspecified atom stereocenters. The van der Waals surface area contributed by atoms with Crippen molar-refractivity contribution < 1.29 is 9.90 Å². The smallest absolute Gasteiger partial charge is 0.405 e. The molecule has 0 aliphatic heterocycles. The Balaban J connectivity index is 1.47. The van der Waals surface area contributed by atoms with Gasteiger partial charge in [0.05, 0.1) is 0 Å². The molecule has 2 fully saturated rings. The van der Waals surface area contributed by atoms with E-state index in [-0.39, 0.29) is 11.0 Å². The van der Waals surface area contributed by atoms with Crippen molar-refractivity contribution in [1.82, 2.24) is 10.6 Å². The summed E-state index contributed by atoms with van der Waals surface area (Å²) in [6.45, 7) is 7.50. The molecule has 2 saturated carbocycles. The monoisotopic (exact) mass is 344 g/mol. The van der Waals surface area contributed by atoms with E-state index in [1.54, 1.807) is 0 Å². The Kier molecular flexibility index (Phi) is 5.10. The zero-order valence-corrected chi connectivity index (χ0v) is 15.7. The lowest BCUT2D eigenvalue weighted by Crippen LogP contribution is -2.58. The summed E-state index contributed by atoms with van der Waals surface area (Å²) in [6, 6.07) is 11.4. The molecule has 3 N–H and O–H groups in total. The molecule has 0 heterocycles. The molecular weight excluding hydrogens is 312 g/mol. The van der Waals surface area contributed by atoms with Crippen LogP contribution < -0.4 is 10.6 Å². The fourth-order valence-electron chi connectivity index (χ4n) is 4.45. The SMILES string of the molecule is CC(C)(C)C1(NC(=O)O)CCC(CN[C@@H]2C[C@H]2c2ccccc2)CC1. The summed E-state index contributed by atoms with van der Waals surface area (Å²) in [5.74, 6) is 1.33. The fourth-order valence-corrected chi connectivity index (χ4v) is 4.45. The van der Waals surface area contributed by atoms with Crippen LogP contribution in [-0.4, -0.2) is 29.3 Å². The van der Waals surface area contributed by atoms with E-state index >= 15 is 0 Å². The second-order valence-electron chi connectivity index (χ2n) is 8.97. The van der Waals surface area contributed by atoms with Gasteiger partial charge in [-0.2, -0.15) is 0 Å². The van der Waals surface area contributed by atoms with Gasteiger partial charge in [-0.05, 0) is 55.5 Å². The van der Waals surface area contributed by atoms with E-state index in [2.05, 4.69) is 61.7 Å². The Labute approximate surface area is 151 Å². The Morgan fingerprint density at radius 2 is 1.84 bits per heavy atom. The number of carboxylic acid groups (broad SMARTS) is 1. The van der Waals surface area contributed by atoms with Crippen LogP contribution in [0.2, 0.25) is 0 Å². The molecule has 0 saturated heterocycles. The van der Waals surface area contributed by atoms with E-state index in [1.807, 2.05) is 0 Å². The van der Waals surface area contributed by atoms with Crippen molar-refractivity contribution in [3.05, 3.63) is 35.9 Å². The maximum Gasteiger partial charge on any atom is 0.405 e. The van der Waals surface area contributed by atoms with Gasteiger partial charge >= 0.3 is 6.09 Å². The first-order valence-electron chi connectivity index (χ1n) is 9.60. The van der Waals surface area contributed by atoms with E-state index in [4.69, 9.17) is 0 Å². The van der Waals surface area contributed by atoms with Crippen LogP contribution in [0.1, 0.15) is 64.4 Å². The molecule has 1 aromatic carbocycles. The molecule has 2 aliphatic rings. The van der Waals surface area contributed by atoms with Gasteiger partial charge in [0.2, 0.25) is 0 Å². The lowest BCUT2D eigenvalue weighted by molar-refractivity contribution is 0.0673. The first-order chi connectivity index (χ1) is 11.8. The first kappa shape index (κ1) is 18.2. The minimum absolute atomic E-state index is 0.0569. The lowest BCUT2D eigenvalue weighted by Gasteiger charge is -2.49. The molecule has 2 atom stereocenters. The minimum atomic E-state index is -0.893. The Morgan fingerprint density at radius 3 is 2.40 bits per heavy atom.